The van der Waals surface area contributed by atoms with Crippen molar-refractivity contribution in [1.82, 2.24) is 5.32 Å². The topological polar surface area (TPSA) is 21.3 Å². The van der Waals surface area contributed by atoms with Crippen molar-refractivity contribution >= 4 is 0 Å². The number of halogens is 1. The lowest BCUT2D eigenvalue weighted by atomic mass is 9.75. The van der Waals surface area contributed by atoms with Crippen LogP contribution in [-0.2, 0) is 6.54 Å². The number of rotatable bonds is 5. The van der Waals surface area contributed by atoms with Gasteiger partial charge in [0.1, 0.15) is 0 Å². The summed E-state index contributed by atoms with van der Waals surface area (Å²) >= 11 is 0. The van der Waals surface area contributed by atoms with E-state index < -0.39 is 0 Å². The number of hydrogen-bond acceptors (Lipinski definition) is 2. The number of hydrogen-bond donors (Lipinski definition) is 1. The molecule has 1 aromatic carbocycles. The maximum Gasteiger partial charge on any atom is 0.165 e. The molecule has 94 valence electrons. The van der Waals surface area contributed by atoms with Gasteiger partial charge >= 0.3 is 0 Å². The van der Waals surface area contributed by atoms with Crippen LogP contribution in [0.4, 0.5) is 4.39 Å². The molecule has 0 amide bonds. The third-order valence-electron chi connectivity index (χ3n) is 3.87. The average Bonchev–Trinajstić information content (AvgIpc) is 2.28. The van der Waals surface area contributed by atoms with Crippen LogP contribution in [0, 0.1) is 5.82 Å². The fraction of sp³-hybridized carbons (Fsp3) is 0.571. The molecular formula is C14H20FNO. The average molecular weight is 237 g/mol. The zero-order chi connectivity index (χ0) is 12.3. The van der Waals surface area contributed by atoms with Crippen molar-refractivity contribution in [3.63, 3.8) is 0 Å². The van der Waals surface area contributed by atoms with E-state index in [1.54, 1.807) is 12.1 Å². The van der Waals surface area contributed by atoms with E-state index in [0.717, 1.165) is 18.5 Å². The Morgan fingerprint density at radius 1 is 1.41 bits per heavy atom. The summed E-state index contributed by atoms with van der Waals surface area (Å²) in [5.41, 5.74) is 1.28. The molecule has 0 spiro atoms. The highest BCUT2D eigenvalue weighted by Crippen LogP contribution is 2.34. The molecule has 3 heteroatoms. The van der Waals surface area contributed by atoms with Crippen LogP contribution in [0.5, 0.6) is 5.75 Å². The largest absolute Gasteiger partial charge is 0.494 e. The highest BCUT2D eigenvalue weighted by molar-refractivity contribution is 5.29. The first kappa shape index (κ1) is 12.4. The minimum atomic E-state index is -0.286. The summed E-state index contributed by atoms with van der Waals surface area (Å²) in [5, 5.41) is 3.56. The molecule has 0 aromatic heterocycles. The van der Waals surface area contributed by atoms with Gasteiger partial charge in [-0.25, -0.2) is 4.39 Å². The van der Waals surface area contributed by atoms with E-state index in [4.69, 9.17) is 4.74 Å². The van der Waals surface area contributed by atoms with Crippen molar-refractivity contribution in [3.8, 4) is 5.75 Å². The Balaban J connectivity index is 1.97. The van der Waals surface area contributed by atoms with E-state index in [9.17, 15) is 4.39 Å². The van der Waals surface area contributed by atoms with Gasteiger partial charge < -0.3 is 10.1 Å². The third-order valence-corrected chi connectivity index (χ3v) is 3.87. The highest BCUT2D eigenvalue weighted by Gasteiger charge is 2.34. The molecule has 1 aliphatic carbocycles. The van der Waals surface area contributed by atoms with E-state index in [0.29, 0.717) is 11.3 Å². The molecule has 2 nitrogen and oxygen atoms in total. The molecular weight excluding hydrogens is 217 g/mol. The van der Waals surface area contributed by atoms with Gasteiger partial charge in [0.2, 0.25) is 0 Å². The van der Waals surface area contributed by atoms with Gasteiger partial charge in [-0.05, 0) is 43.4 Å². The molecule has 1 aromatic rings. The number of benzene rings is 1. The van der Waals surface area contributed by atoms with Crippen molar-refractivity contribution in [2.75, 3.05) is 7.11 Å². The van der Waals surface area contributed by atoms with Gasteiger partial charge in [-0.15, -0.1) is 0 Å². The van der Waals surface area contributed by atoms with Crippen LogP contribution in [0.25, 0.3) is 0 Å². The molecule has 1 aliphatic rings. The van der Waals surface area contributed by atoms with Gasteiger partial charge in [0.05, 0.1) is 7.11 Å². The van der Waals surface area contributed by atoms with Gasteiger partial charge in [-0.2, -0.15) is 0 Å². The van der Waals surface area contributed by atoms with Crippen molar-refractivity contribution in [2.45, 2.75) is 44.7 Å². The maximum atomic E-state index is 13.5. The molecule has 2 rings (SSSR count). The summed E-state index contributed by atoms with van der Waals surface area (Å²) < 4.78 is 18.4. The van der Waals surface area contributed by atoms with E-state index in [2.05, 4.69) is 12.2 Å². The lowest BCUT2D eigenvalue weighted by Gasteiger charge is -2.42. The molecule has 0 aliphatic heterocycles. The van der Waals surface area contributed by atoms with Gasteiger partial charge in [0, 0.05) is 12.1 Å². The van der Waals surface area contributed by atoms with Crippen LogP contribution >= 0.6 is 0 Å². The second kappa shape index (κ2) is 5.05. The van der Waals surface area contributed by atoms with Crippen molar-refractivity contribution in [1.29, 1.82) is 0 Å². The van der Waals surface area contributed by atoms with Crippen LogP contribution in [0.15, 0.2) is 18.2 Å². The first-order valence-corrected chi connectivity index (χ1v) is 6.26. The highest BCUT2D eigenvalue weighted by atomic mass is 19.1. The minimum absolute atomic E-state index is 0.286. The first-order chi connectivity index (χ1) is 8.19. The molecule has 0 saturated heterocycles. The van der Waals surface area contributed by atoms with Crippen LogP contribution in [0.2, 0.25) is 0 Å². The van der Waals surface area contributed by atoms with Crippen molar-refractivity contribution < 1.29 is 9.13 Å². The monoisotopic (exact) mass is 237 g/mol. The van der Waals surface area contributed by atoms with Crippen LogP contribution in [0.1, 0.15) is 38.2 Å². The Labute approximate surface area is 102 Å². The quantitative estimate of drug-likeness (QED) is 0.848. The maximum absolute atomic E-state index is 13.5. The predicted molar refractivity (Wildman–Crippen MR) is 66.7 cm³/mol. The van der Waals surface area contributed by atoms with Crippen LogP contribution in [0.3, 0.4) is 0 Å². The number of methoxy groups -OCH3 is 1. The molecule has 0 atom stereocenters. The van der Waals surface area contributed by atoms with E-state index in [1.807, 2.05) is 6.07 Å². The minimum Gasteiger partial charge on any atom is -0.494 e. The molecule has 1 fully saturated rings. The predicted octanol–water partition coefficient (Wildman–Crippen LogP) is 3.26. The summed E-state index contributed by atoms with van der Waals surface area (Å²) in [6, 6.07) is 5.15. The van der Waals surface area contributed by atoms with Crippen LogP contribution < -0.4 is 10.1 Å². The van der Waals surface area contributed by atoms with E-state index in [1.165, 1.54) is 26.4 Å². The summed E-state index contributed by atoms with van der Waals surface area (Å²) in [6.07, 6.45) is 4.92. The van der Waals surface area contributed by atoms with E-state index >= 15 is 0 Å². The second-order valence-corrected chi connectivity index (χ2v) is 4.81. The lowest BCUT2D eigenvalue weighted by molar-refractivity contribution is 0.175. The van der Waals surface area contributed by atoms with Gasteiger partial charge in [0.15, 0.2) is 11.6 Å². The fourth-order valence-corrected chi connectivity index (χ4v) is 2.37. The Kier molecular flexibility index (Phi) is 3.67. The Hall–Kier alpha value is -1.09. The fourth-order valence-electron chi connectivity index (χ4n) is 2.37. The Morgan fingerprint density at radius 2 is 2.18 bits per heavy atom. The smallest absolute Gasteiger partial charge is 0.165 e. The number of nitrogens with one attached hydrogen (secondary N) is 1. The van der Waals surface area contributed by atoms with E-state index in [-0.39, 0.29) is 5.82 Å². The SMILES string of the molecule is CCC1(NCc2ccc(OC)c(F)c2)CCC1. The van der Waals surface area contributed by atoms with Gasteiger partial charge in [-0.1, -0.05) is 13.0 Å². The molecule has 0 bridgehead atoms. The summed E-state index contributed by atoms with van der Waals surface area (Å²) in [7, 11) is 1.48. The standard InChI is InChI=1S/C14H20FNO/c1-3-14(7-4-8-14)16-10-11-5-6-13(17-2)12(15)9-11/h5-6,9,16H,3-4,7-8,10H2,1-2H3. The van der Waals surface area contributed by atoms with Gasteiger partial charge in [-0.3, -0.25) is 0 Å². The second-order valence-electron chi connectivity index (χ2n) is 4.81. The molecule has 0 radical (unpaired) electrons. The normalized spacial score (nSPS) is 17.6. The Bertz CT molecular complexity index is 382. The zero-order valence-corrected chi connectivity index (χ0v) is 10.6. The number of ether oxygens (including phenoxy) is 1. The summed E-state index contributed by atoms with van der Waals surface area (Å²) in [5.74, 6) is 0.0218. The summed E-state index contributed by atoms with van der Waals surface area (Å²) in [4.78, 5) is 0. The van der Waals surface area contributed by atoms with Crippen molar-refractivity contribution in [3.05, 3.63) is 29.6 Å². The summed E-state index contributed by atoms with van der Waals surface area (Å²) in [6.45, 7) is 2.94. The first-order valence-electron chi connectivity index (χ1n) is 6.26. The third kappa shape index (κ3) is 2.60. The molecule has 0 unspecified atom stereocenters. The van der Waals surface area contributed by atoms with Crippen LogP contribution in [-0.4, -0.2) is 12.6 Å². The molecule has 17 heavy (non-hydrogen) atoms. The van der Waals surface area contributed by atoms with Crippen molar-refractivity contribution in [2.24, 2.45) is 0 Å². The lowest BCUT2D eigenvalue weighted by Crippen LogP contribution is -2.49. The Morgan fingerprint density at radius 3 is 2.65 bits per heavy atom. The van der Waals surface area contributed by atoms with Gasteiger partial charge in [0.25, 0.3) is 0 Å². The molecule has 1 N–H and O–H groups in total. The molecule has 0 heterocycles. The molecule has 1 saturated carbocycles. The zero-order valence-electron chi connectivity index (χ0n) is 10.6.